The average molecular weight is 170 g/mol. The number of rotatable bonds is 0. The van der Waals surface area contributed by atoms with E-state index >= 15 is 0 Å². The molecule has 2 rings (SSSR count). The summed E-state index contributed by atoms with van der Waals surface area (Å²) < 4.78 is 0. The molecule has 0 radical (unpaired) electrons. The van der Waals surface area contributed by atoms with Crippen LogP contribution in [0, 0.1) is 0 Å². The Balaban J connectivity index is 2.60. The first kappa shape index (κ1) is 6.54. The molecule has 0 saturated carbocycles. The van der Waals surface area contributed by atoms with Gasteiger partial charge in [0.05, 0.1) is 0 Å². The van der Waals surface area contributed by atoms with Crippen LogP contribution in [-0.2, 0) is 6.54 Å². The highest BCUT2D eigenvalue weighted by Crippen LogP contribution is 2.12. The quantitative estimate of drug-likeness (QED) is 0.571. The minimum atomic E-state index is -0.177. The molecule has 56 valence electrons. The van der Waals surface area contributed by atoms with E-state index in [1.165, 1.54) is 0 Å². The van der Waals surface area contributed by atoms with Gasteiger partial charge in [-0.05, 0) is 11.6 Å². The topological polar surface area (TPSA) is 54.9 Å². The fourth-order valence-electron chi connectivity index (χ4n) is 0.970. The number of nitrogens with zero attached hydrogens (tertiary/aromatic N) is 2. The van der Waals surface area contributed by atoms with Crippen molar-refractivity contribution in [3.8, 4) is 0 Å². The van der Waals surface area contributed by atoms with Crippen molar-refractivity contribution in [3.05, 3.63) is 22.7 Å². The molecule has 0 unspecified atom stereocenters. The number of carbonyl (C=O) groups excluding carboxylic acids is 1. The van der Waals surface area contributed by atoms with E-state index < -0.39 is 0 Å². The average Bonchev–Trinajstić information content (AvgIpc) is 2.33. The van der Waals surface area contributed by atoms with E-state index in [9.17, 15) is 4.79 Å². The molecule has 0 bridgehead atoms. The summed E-state index contributed by atoms with van der Waals surface area (Å²) >= 11 is 5.49. The Morgan fingerprint density at radius 2 is 2.45 bits per heavy atom. The molecular weight excluding hydrogens is 166 g/mol. The first-order valence-corrected chi connectivity index (χ1v) is 3.45. The van der Waals surface area contributed by atoms with Crippen LogP contribution in [-0.4, -0.2) is 15.9 Å². The van der Waals surface area contributed by atoms with Gasteiger partial charge in [-0.3, -0.25) is 4.79 Å². The summed E-state index contributed by atoms with van der Waals surface area (Å²) in [5.74, 6) is -0.177. The molecule has 1 aromatic heterocycles. The van der Waals surface area contributed by atoms with Gasteiger partial charge >= 0.3 is 0 Å². The second-order valence-electron chi connectivity index (χ2n) is 2.20. The fraction of sp³-hybridized carbons (Fsp3) is 0.167. The number of halogens is 1. The molecule has 0 aromatic carbocycles. The minimum absolute atomic E-state index is 0.112. The van der Waals surface area contributed by atoms with E-state index in [2.05, 4.69) is 15.3 Å². The molecule has 2 heterocycles. The molecule has 0 spiro atoms. The largest absolute Gasteiger partial charge is 0.346 e. The van der Waals surface area contributed by atoms with Crippen molar-refractivity contribution >= 4 is 17.5 Å². The van der Waals surface area contributed by atoms with Gasteiger partial charge < -0.3 is 5.32 Å². The summed E-state index contributed by atoms with van der Waals surface area (Å²) in [5, 5.41) is 2.72. The normalized spacial score (nSPS) is 14.5. The van der Waals surface area contributed by atoms with Gasteiger partial charge in [-0.25, -0.2) is 9.97 Å². The van der Waals surface area contributed by atoms with Crippen molar-refractivity contribution in [2.24, 2.45) is 0 Å². The van der Waals surface area contributed by atoms with Crippen LogP contribution in [0.3, 0.4) is 0 Å². The second kappa shape index (κ2) is 2.17. The Morgan fingerprint density at radius 3 is 3.27 bits per heavy atom. The van der Waals surface area contributed by atoms with Gasteiger partial charge in [-0.1, -0.05) is 0 Å². The Labute approximate surface area is 67.6 Å². The summed E-state index contributed by atoms with van der Waals surface area (Å²) in [4.78, 5) is 18.5. The maximum atomic E-state index is 11.0. The number of amides is 1. The van der Waals surface area contributed by atoms with Crippen LogP contribution in [0.4, 0.5) is 0 Å². The zero-order valence-electron chi connectivity index (χ0n) is 5.47. The maximum absolute atomic E-state index is 11.0. The highest BCUT2D eigenvalue weighted by molar-refractivity contribution is 6.28. The monoisotopic (exact) mass is 169 g/mol. The molecule has 0 saturated heterocycles. The van der Waals surface area contributed by atoms with E-state index in [0.717, 1.165) is 5.56 Å². The van der Waals surface area contributed by atoms with Gasteiger partial charge in [-0.2, -0.15) is 0 Å². The SMILES string of the molecule is O=C1NCc2cnc(Cl)nc21. The highest BCUT2D eigenvalue weighted by Gasteiger charge is 2.20. The molecule has 0 atom stereocenters. The van der Waals surface area contributed by atoms with Crippen LogP contribution in [0.2, 0.25) is 5.28 Å². The van der Waals surface area contributed by atoms with Crippen LogP contribution in [0.1, 0.15) is 16.1 Å². The van der Waals surface area contributed by atoms with E-state index in [0.29, 0.717) is 12.2 Å². The van der Waals surface area contributed by atoms with Crippen molar-refractivity contribution < 1.29 is 4.79 Å². The van der Waals surface area contributed by atoms with Crippen molar-refractivity contribution in [1.82, 2.24) is 15.3 Å². The molecule has 5 heteroatoms. The zero-order valence-corrected chi connectivity index (χ0v) is 6.22. The second-order valence-corrected chi connectivity index (χ2v) is 2.53. The van der Waals surface area contributed by atoms with Gasteiger partial charge in [0.1, 0.15) is 5.69 Å². The Kier molecular flexibility index (Phi) is 1.29. The summed E-state index contributed by atoms with van der Waals surface area (Å²) in [6.45, 7) is 0.505. The third-order valence-corrected chi connectivity index (χ3v) is 1.67. The first-order valence-electron chi connectivity index (χ1n) is 3.07. The first-order chi connectivity index (χ1) is 5.27. The summed E-state index contributed by atoms with van der Waals surface area (Å²) in [6, 6.07) is 0. The molecule has 1 aromatic rings. The fourth-order valence-corrected chi connectivity index (χ4v) is 1.10. The lowest BCUT2D eigenvalue weighted by atomic mass is 10.3. The van der Waals surface area contributed by atoms with Crippen LogP contribution < -0.4 is 5.32 Å². The third-order valence-electron chi connectivity index (χ3n) is 1.49. The number of hydrogen-bond acceptors (Lipinski definition) is 3. The van der Waals surface area contributed by atoms with Gasteiger partial charge in [0.2, 0.25) is 5.28 Å². The lowest BCUT2D eigenvalue weighted by molar-refractivity contribution is 0.0961. The summed E-state index contributed by atoms with van der Waals surface area (Å²) in [5.41, 5.74) is 1.20. The van der Waals surface area contributed by atoms with E-state index in [1.54, 1.807) is 6.20 Å². The Hall–Kier alpha value is -1.16. The molecule has 1 aliphatic rings. The Bertz CT molecular complexity index is 326. The molecule has 1 N–H and O–H groups in total. The molecular formula is C6H4ClN3O. The van der Waals surface area contributed by atoms with E-state index in [1.807, 2.05) is 0 Å². The van der Waals surface area contributed by atoms with Gasteiger partial charge in [0.15, 0.2) is 0 Å². The van der Waals surface area contributed by atoms with Crippen LogP contribution >= 0.6 is 11.6 Å². The lowest BCUT2D eigenvalue weighted by Gasteiger charge is -1.92. The van der Waals surface area contributed by atoms with Gasteiger partial charge in [-0.15, -0.1) is 0 Å². The predicted molar refractivity (Wildman–Crippen MR) is 38.2 cm³/mol. The summed E-state index contributed by atoms with van der Waals surface area (Å²) in [6.07, 6.45) is 1.56. The van der Waals surface area contributed by atoms with Crippen LogP contribution in [0.15, 0.2) is 6.20 Å². The number of aromatic nitrogens is 2. The smallest absolute Gasteiger partial charge is 0.270 e. The van der Waals surface area contributed by atoms with E-state index in [-0.39, 0.29) is 11.2 Å². The number of nitrogens with one attached hydrogen (secondary N) is 1. The predicted octanol–water partition coefficient (Wildman–Crippen LogP) is 0.373. The Morgan fingerprint density at radius 1 is 1.64 bits per heavy atom. The zero-order chi connectivity index (χ0) is 7.84. The molecule has 4 nitrogen and oxygen atoms in total. The summed E-state index contributed by atoms with van der Waals surface area (Å²) in [7, 11) is 0. The third kappa shape index (κ3) is 0.952. The van der Waals surface area contributed by atoms with Crippen molar-refractivity contribution in [3.63, 3.8) is 0 Å². The molecule has 11 heavy (non-hydrogen) atoms. The molecule has 1 amide bonds. The lowest BCUT2D eigenvalue weighted by Crippen LogP contribution is -2.13. The minimum Gasteiger partial charge on any atom is -0.346 e. The highest BCUT2D eigenvalue weighted by atomic mass is 35.5. The van der Waals surface area contributed by atoms with E-state index in [4.69, 9.17) is 11.6 Å². The molecule has 0 aliphatic carbocycles. The maximum Gasteiger partial charge on any atom is 0.270 e. The standard InChI is InChI=1S/C6H4ClN3O/c7-6-9-2-3-1-8-5(11)4(3)10-6/h2H,1H2,(H,8,11). The van der Waals surface area contributed by atoms with Gasteiger partial charge in [0.25, 0.3) is 5.91 Å². The molecule has 0 fully saturated rings. The van der Waals surface area contributed by atoms with Crippen molar-refractivity contribution in [1.29, 1.82) is 0 Å². The number of fused-ring (bicyclic) bond motifs is 1. The van der Waals surface area contributed by atoms with Gasteiger partial charge in [0, 0.05) is 18.3 Å². The van der Waals surface area contributed by atoms with Crippen LogP contribution in [0.5, 0.6) is 0 Å². The van der Waals surface area contributed by atoms with Crippen molar-refractivity contribution in [2.45, 2.75) is 6.54 Å². The molecule has 1 aliphatic heterocycles. The van der Waals surface area contributed by atoms with Crippen molar-refractivity contribution in [2.75, 3.05) is 0 Å². The number of carbonyl (C=O) groups is 1. The number of hydrogen-bond donors (Lipinski definition) is 1. The van der Waals surface area contributed by atoms with Crippen LogP contribution in [0.25, 0.3) is 0 Å².